The van der Waals surface area contributed by atoms with E-state index in [-0.39, 0.29) is 6.04 Å². The highest BCUT2D eigenvalue weighted by molar-refractivity contribution is 7.07. The molecule has 0 aliphatic rings. The zero-order chi connectivity index (χ0) is 10.5. The van der Waals surface area contributed by atoms with Crippen LogP contribution in [0.1, 0.15) is 23.7 Å². The van der Waals surface area contributed by atoms with Crippen molar-refractivity contribution < 1.29 is 0 Å². The van der Waals surface area contributed by atoms with Crippen molar-refractivity contribution in [2.75, 3.05) is 0 Å². The van der Waals surface area contributed by atoms with Crippen molar-refractivity contribution in [3.63, 3.8) is 0 Å². The smallest absolute Gasteiger partial charge is 0.0925 e. The summed E-state index contributed by atoms with van der Waals surface area (Å²) in [4.78, 5) is 0. The van der Waals surface area contributed by atoms with E-state index in [9.17, 15) is 0 Å². The maximum Gasteiger partial charge on any atom is 0.0925 e. The van der Waals surface area contributed by atoms with E-state index >= 15 is 0 Å². The predicted octanol–water partition coefficient (Wildman–Crippen LogP) is 1.74. The van der Waals surface area contributed by atoms with E-state index in [2.05, 4.69) is 31.0 Å². The molecule has 3 N–H and O–H groups in total. The Morgan fingerprint density at radius 2 is 2.47 bits per heavy atom. The number of hydrogen-bond donors (Lipinski definition) is 2. The van der Waals surface area contributed by atoms with Crippen LogP contribution in [-0.2, 0) is 6.42 Å². The molecule has 15 heavy (non-hydrogen) atoms. The molecule has 4 nitrogen and oxygen atoms in total. The van der Waals surface area contributed by atoms with Crippen molar-refractivity contribution in [3.8, 4) is 0 Å². The second-order valence-electron chi connectivity index (χ2n) is 3.22. The standard InChI is InChI=1S/C9H12N4S2/c10-12-8(9-5-11-15-13-9)2-1-7-3-4-14-6-7/h3-6,8,12H,1-2,10H2. The SMILES string of the molecule is NNC(CCc1ccsc1)c1cnsn1. The fraction of sp³-hybridized carbons (Fsp3) is 0.333. The Morgan fingerprint density at radius 1 is 1.53 bits per heavy atom. The summed E-state index contributed by atoms with van der Waals surface area (Å²) in [6.45, 7) is 0. The topological polar surface area (TPSA) is 63.8 Å². The number of hydrazine groups is 1. The van der Waals surface area contributed by atoms with Gasteiger partial charge >= 0.3 is 0 Å². The van der Waals surface area contributed by atoms with Gasteiger partial charge in [-0.2, -0.15) is 20.1 Å². The molecule has 2 heterocycles. The van der Waals surface area contributed by atoms with Gasteiger partial charge in [-0.3, -0.25) is 11.3 Å². The van der Waals surface area contributed by atoms with Crippen LogP contribution in [-0.4, -0.2) is 8.75 Å². The van der Waals surface area contributed by atoms with Crippen LogP contribution in [0.15, 0.2) is 23.0 Å². The van der Waals surface area contributed by atoms with Crippen molar-refractivity contribution in [1.82, 2.24) is 14.2 Å². The summed E-state index contributed by atoms with van der Waals surface area (Å²) in [6.07, 6.45) is 3.72. The second kappa shape index (κ2) is 5.32. The minimum atomic E-state index is 0.101. The number of thiophene rings is 1. The van der Waals surface area contributed by atoms with Gasteiger partial charge in [0.2, 0.25) is 0 Å². The normalized spacial score (nSPS) is 12.9. The van der Waals surface area contributed by atoms with Crippen LogP contribution in [0.3, 0.4) is 0 Å². The lowest BCUT2D eigenvalue weighted by Gasteiger charge is -2.11. The van der Waals surface area contributed by atoms with Crippen LogP contribution in [0.2, 0.25) is 0 Å². The van der Waals surface area contributed by atoms with E-state index in [1.807, 2.05) is 0 Å². The third kappa shape index (κ3) is 2.82. The molecule has 0 aromatic carbocycles. The number of hydrogen-bond acceptors (Lipinski definition) is 6. The molecule has 0 fully saturated rings. The molecule has 1 unspecified atom stereocenters. The molecule has 0 bridgehead atoms. The number of nitrogens with zero attached hydrogens (tertiary/aromatic N) is 2. The minimum absolute atomic E-state index is 0.101. The molecule has 2 aromatic rings. The summed E-state index contributed by atoms with van der Waals surface area (Å²) in [5.74, 6) is 5.49. The van der Waals surface area contributed by atoms with Gasteiger partial charge in [0.15, 0.2) is 0 Å². The molecule has 1 atom stereocenters. The zero-order valence-corrected chi connectivity index (χ0v) is 9.72. The van der Waals surface area contributed by atoms with E-state index in [4.69, 9.17) is 5.84 Å². The lowest BCUT2D eigenvalue weighted by atomic mass is 10.1. The number of nitrogens with two attached hydrogens (primary N) is 1. The lowest BCUT2D eigenvalue weighted by Crippen LogP contribution is -2.28. The van der Waals surface area contributed by atoms with E-state index in [1.165, 1.54) is 17.3 Å². The molecule has 80 valence electrons. The first-order chi connectivity index (χ1) is 7.40. The highest BCUT2D eigenvalue weighted by atomic mass is 32.1. The van der Waals surface area contributed by atoms with Crippen molar-refractivity contribution in [1.29, 1.82) is 0 Å². The average molecular weight is 240 g/mol. The molecule has 0 saturated heterocycles. The highest BCUT2D eigenvalue weighted by Gasteiger charge is 2.12. The molecule has 0 aliphatic carbocycles. The Labute approximate surface area is 96.4 Å². The Bertz CT molecular complexity index is 371. The molecule has 2 rings (SSSR count). The van der Waals surface area contributed by atoms with Gasteiger partial charge in [-0.05, 0) is 35.2 Å². The van der Waals surface area contributed by atoms with Crippen LogP contribution >= 0.6 is 23.1 Å². The molecule has 0 saturated carbocycles. The Morgan fingerprint density at radius 3 is 3.07 bits per heavy atom. The number of aryl methyl sites for hydroxylation is 1. The van der Waals surface area contributed by atoms with Crippen molar-refractivity contribution in [3.05, 3.63) is 34.3 Å². The molecular formula is C9H12N4S2. The first-order valence-electron chi connectivity index (χ1n) is 4.65. The highest BCUT2D eigenvalue weighted by Crippen LogP contribution is 2.17. The third-order valence-electron chi connectivity index (χ3n) is 2.24. The number of aromatic nitrogens is 2. The Hall–Kier alpha value is -0.820. The van der Waals surface area contributed by atoms with E-state index < -0.39 is 0 Å². The van der Waals surface area contributed by atoms with Gasteiger partial charge < -0.3 is 0 Å². The van der Waals surface area contributed by atoms with E-state index in [0.29, 0.717) is 0 Å². The van der Waals surface area contributed by atoms with Crippen LogP contribution < -0.4 is 11.3 Å². The molecule has 2 aromatic heterocycles. The monoisotopic (exact) mass is 240 g/mol. The Balaban J connectivity index is 1.92. The first-order valence-corrected chi connectivity index (χ1v) is 6.32. The maximum absolute atomic E-state index is 5.49. The number of rotatable bonds is 5. The summed E-state index contributed by atoms with van der Waals surface area (Å²) in [5, 5.41) is 4.25. The van der Waals surface area contributed by atoms with Gasteiger partial charge in [-0.1, -0.05) is 0 Å². The molecule has 0 amide bonds. The van der Waals surface area contributed by atoms with Gasteiger partial charge in [0.05, 0.1) is 29.7 Å². The zero-order valence-electron chi connectivity index (χ0n) is 8.09. The largest absolute Gasteiger partial charge is 0.271 e. The Kier molecular flexibility index (Phi) is 3.79. The van der Waals surface area contributed by atoms with Gasteiger partial charge in [0.25, 0.3) is 0 Å². The summed E-state index contributed by atoms with van der Waals surface area (Å²) in [7, 11) is 0. The van der Waals surface area contributed by atoms with Gasteiger partial charge in [0, 0.05) is 0 Å². The summed E-state index contributed by atoms with van der Waals surface area (Å²) in [6, 6.07) is 2.24. The molecule has 0 radical (unpaired) electrons. The van der Waals surface area contributed by atoms with Gasteiger partial charge in [0.1, 0.15) is 0 Å². The maximum atomic E-state index is 5.49. The first kappa shape index (κ1) is 10.7. The van der Waals surface area contributed by atoms with Crippen molar-refractivity contribution >= 4 is 23.1 Å². The van der Waals surface area contributed by atoms with E-state index in [0.717, 1.165) is 18.5 Å². The van der Waals surface area contributed by atoms with Gasteiger partial charge in [-0.15, -0.1) is 0 Å². The van der Waals surface area contributed by atoms with Crippen molar-refractivity contribution in [2.24, 2.45) is 5.84 Å². The summed E-state index contributed by atoms with van der Waals surface area (Å²) < 4.78 is 8.15. The van der Waals surface area contributed by atoms with Crippen molar-refractivity contribution in [2.45, 2.75) is 18.9 Å². The molecule has 6 heteroatoms. The predicted molar refractivity (Wildman–Crippen MR) is 62.6 cm³/mol. The summed E-state index contributed by atoms with van der Waals surface area (Å²) >= 11 is 2.93. The number of nitrogens with one attached hydrogen (secondary N) is 1. The fourth-order valence-corrected chi connectivity index (χ4v) is 2.56. The van der Waals surface area contributed by atoms with Gasteiger partial charge in [-0.25, -0.2) is 0 Å². The van der Waals surface area contributed by atoms with E-state index in [1.54, 1.807) is 17.5 Å². The molecule has 0 aliphatic heterocycles. The minimum Gasteiger partial charge on any atom is -0.271 e. The average Bonchev–Trinajstić information content (AvgIpc) is 2.90. The quantitative estimate of drug-likeness (QED) is 0.617. The summed E-state index contributed by atoms with van der Waals surface area (Å²) in [5.41, 5.74) is 5.05. The van der Waals surface area contributed by atoms with Crippen LogP contribution in [0.4, 0.5) is 0 Å². The lowest BCUT2D eigenvalue weighted by molar-refractivity contribution is 0.508. The second-order valence-corrected chi connectivity index (χ2v) is 4.56. The fourth-order valence-electron chi connectivity index (χ4n) is 1.39. The molecular weight excluding hydrogens is 228 g/mol. The van der Waals surface area contributed by atoms with Crippen LogP contribution in [0.25, 0.3) is 0 Å². The van der Waals surface area contributed by atoms with Crippen LogP contribution in [0.5, 0.6) is 0 Å². The third-order valence-corrected chi connectivity index (χ3v) is 3.46. The molecule has 0 spiro atoms. The van der Waals surface area contributed by atoms with Crippen LogP contribution in [0, 0.1) is 0 Å².